The van der Waals surface area contributed by atoms with Crippen LogP contribution in [0.5, 0.6) is 0 Å². The van der Waals surface area contributed by atoms with Crippen molar-refractivity contribution >= 4 is 29.8 Å². The first-order chi connectivity index (χ1) is 10.7. The van der Waals surface area contributed by atoms with E-state index in [2.05, 4.69) is 15.3 Å². The highest BCUT2D eigenvalue weighted by atomic mass is 32.2. The molecule has 120 valence electrons. The van der Waals surface area contributed by atoms with E-state index in [1.165, 1.54) is 5.06 Å². The van der Waals surface area contributed by atoms with Crippen LogP contribution >= 0.6 is 24.0 Å². The zero-order chi connectivity index (χ0) is 15.8. The molecule has 0 aliphatic rings. The van der Waals surface area contributed by atoms with E-state index in [-0.39, 0.29) is 0 Å². The third-order valence-corrected chi connectivity index (χ3v) is 4.09. The van der Waals surface area contributed by atoms with Crippen LogP contribution in [0.2, 0.25) is 0 Å². The minimum Gasteiger partial charge on any atom is -0.464 e. The largest absolute Gasteiger partial charge is 0.464 e. The molecule has 2 rings (SSSR count). The average Bonchev–Trinajstić information content (AvgIpc) is 2.94. The van der Waals surface area contributed by atoms with Crippen molar-refractivity contribution in [1.29, 1.82) is 0 Å². The summed E-state index contributed by atoms with van der Waals surface area (Å²) in [7, 11) is 0. The van der Waals surface area contributed by atoms with Gasteiger partial charge in [-0.15, -0.1) is 0 Å². The Morgan fingerprint density at radius 1 is 1.41 bits per heavy atom. The highest BCUT2D eigenvalue weighted by Crippen LogP contribution is 2.16. The topological polar surface area (TPSA) is 77.3 Å². The van der Waals surface area contributed by atoms with Gasteiger partial charge >= 0.3 is 0 Å². The molecule has 2 heterocycles. The van der Waals surface area contributed by atoms with Gasteiger partial charge in [0.2, 0.25) is 0 Å². The monoisotopic (exact) mass is 340 g/mol. The van der Waals surface area contributed by atoms with Gasteiger partial charge in [-0.1, -0.05) is 6.92 Å². The normalized spacial score (nSPS) is 11.0. The number of nitrogens with zero attached hydrogens (tertiary/aromatic N) is 2. The van der Waals surface area contributed by atoms with Gasteiger partial charge in [-0.25, -0.2) is 4.98 Å². The lowest BCUT2D eigenvalue weighted by Crippen LogP contribution is -2.17. The van der Waals surface area contributed by atoms with Crippen LogP contribution in [0.25, 0.3) is 0 Å². The maximum Gasteiger partial charge on any atom is 0.198 e. The summed E-state index contributed by atoms with van der Waals surface area (Å²) in [5, 5.41) is 13.9. The summed E-state index contributed by atoms with van der Waals surface area (Å²) in [6.07, 6.45) is 1.68. The molecule has 0 unspecified atom stereocenters. The van der Waals surface area contributed by atoms with Crippen LogP contribution in [0.4, 0.5) is 5.82 Å². The number of nitrogens with one attached hydrogen (secondary N) is 2. The quantitative estimate of drug-likeness (QED) is 0.367. The number of furan rings is 1. The van der Waals surface area contributed by atoms with Crippen LogP contribution in [0.15, 0.2) is 28.8 Å². The van der Waals surface area contributed by atoms with Crippen LogP contribution < -0.4 is 5.32 Å². The van der Waals surface area contributed by atoms with Crippen molar-refractivity contribution in [3.63, 3.8) is 0 Å². The van der Waals surface area contributed by atoms with Crippen molar-refractivity contribution in [2.75, 3.05) is 24.2 Å². The molecule has 22 heavy (non-hydrogen) atoms. The van der Waals surface area contributed by atoms with E-state index in [1.807, 2.05) is 25.1 Å². The number of hydroxylamine groups is 2. The average molecular weight is 340 g/mol. The highest BCUT2D eigenvalue weighted by molar-refractivity contribution is 7.98. The van der Waals surface area contributed by atoms with Gasteiger partial charge in [0.25, 0.3) is 0 Å². The van der Waals surface area contributed by atoms with Gasteiger partial charge in [0.05, 0.1) is 12.3 Å². The fraction of sp³-hybridized carbons (Fsp3) is 0.429. The summed E-state index contributed by atoms with van der Waals surface area (Å²) in [5.41, 5.74) is 0. The molecule has 2 aromatic rings. The molecule has 8 heteroatoms. The molecule has 0 fully saturated rings. The van der Waals surface area contributed by atoms with E-state index in [4.69, 9.17) is 16.6 Å². The second-order valence-corrected chi connectivity index (χ2v) is 6.11. The van der Waals surface area contributed by atoms with Gasteiger partial charge < -0.3 is 19.9 Å². The third kappa shape index (κ3) is 5.80. The van der Waals surface area contributed by atoms with Crippen LogP contribution in [-0.2, 0) is 12.3 Å². The van der Waals surface area contributed by atoms with Crippen LogP contribution in [0.1, 0.15) is 18.4 Å². The number of H-pyrrole nitrogens is 1. The van der Waals surface area contributed by atoms with Crippen LogP contribution in [-0.4, -0.2) is 39.1 Å². The molecule has 3 N–H and O–H groups in total. The van der Waals surface area contributed by atoms with Crippen molar-refractivity contribution in [2.24, 2.45) is 0 Å². The SMILES string of the molecule is CCN(O)Cc1ccc(CSCCNc2ccnc(=S)[nH]2)o1. The molecule has 0 saturated carbocycles. The fourth-order valence-corrected chi connectivity index (χ4v) is 2.70. The summed E-state index contributed by atoms with van der Waals surface area (Å²) < 4.78 is 6.14. The van der Waals surface area contributed by atoms with Crippen molar-refractivity contribution in [2.45, 2.75) is 19.2 Å². The maximum absolute atomic E-state index is 9.44. The molecule has 0 amide bonds. The van der Waals surface area contributed by atoms with Gasteiger partial charge in [-0.05, 0) is 30.4 Å². The zero-order valence-corrected chi connectivity index (χ0v) is 14.0. The first-order valence-electron chi connectivity index (χ1n) is 7.05. The summed E-state index contributed by atoms with van der Waals surface area (Å²) >= 11 is 6.74. The minimum atomic E-state index is 0.421. The standard InChI is InChI=1S/C14H20N4O2S2/c1-2-18(19)9-11-3-4-12(20-11)10-22-8-7-15-13-5-6-16-14(21)17-13/h3-6,19H,2,7-10H2,1H3,(H2,15,16,17,21). The molecule has 0 spiro atoms. The molecular formula is C14H20N4O2S2. The van der Waals surface area contributed by atoms with E-state index in [9.17, 15) is 5.21 Å². The van der Waals surface area contributed by atoms with Gasteiger partial charge in [-0.2, -0.15) is 16.8 Å². The van der Waals surface area contributed by atoms with Crippen molar-refractivity contribution in [1.82, 2.24) is 15.0 Å². The number of rotatable bonds is 9. The molecule has 2 aromatic heterocycles. The predicted molar refractivity (Wildman–Crippen MR) is 90.7 cm³/mol. The number of aromatic nitrogens is 2. The Balaban J connectivity index is 1.65. The maximum atomic E-state index is 9.44. The fourth-order valence-electron chi connectivity index (χ4n) is 1.78. The van der Waals surface area contributed by atoms with Gasteiger partial charge in [0, 0.05) is 25.0 Å². The lowest BCUT2D eigenvalue weighted by molar-refractivity contribution is -0.0986. The smallest absolute Gasteiger partial charge is 0.198 e. The number of anilines is 1. The van der Waals surface area contributed by atoms with E-state index in [0.717, 1.165) is 35.4 Å². The molecule has 0 aromatic carbocycles. The Morgan fingerprint density at radius 2 is 2.23 bits per heavy atom. The predicted octanol–water partition coefficient (Wildman–Crippen LogP) is 3.29. The summed E-state index contributed by atoms with van der Waals surface area (Å²) in [6.45, 7) is 3.72. The highest BCUT2D eigenvalue weighted by Gasteiger charge is 2.05. The van der Waals surface area contributed by atoms with E-state index in [0.29, 0.717) is 17.9 Å². The molecule has 0 aliphatic carbocycles. The summed E-state index contributed by atoms with van der Waals surface area (Å²) in [6, 6.07) is 5.72. The van der Waals surface area contributed by atoms with Crippen LogP contribution in [0, 0.1) is 4.77 Å². The Hall–Kier alpha value is -1.35. The second-order valence-electron chi connectivity index (χ2n) is 4.62. The van der Waals surface area contributed by atoms with Crippen LogP contribution in [0.3, 0.4) is 0 Å². The van der Waals surface area contributed by atoms with Crippen molar-refractivity contribution in [3.8, 4) is 0 Å². The first-order valence-corrected chi connectivity index (χ1v) is 8.62. The lowest BCUT2D eigenvalue weighted by Gasteiger charge is -2.08. The Labute approximate surface area is 138 Å². The first kappa shape index (κ1) is 17.0. The second kappa shape index (κ2) is 8.94. The number of aromatic amines is 1. The molecule has 6 nitrogen and oxygen atoms in total. The molecule has 0 atom stereocenters. The molecular weight excluding hydrogens is 320 g/mol. The van der Waals surface area contributed by atoms with Crippen molar-refractivity contribution < 1.29 is 9.62 Å². The summed E-state index contributed by atoms with van der Waals surface area (Å²) in [4.78, 5) is 6.91. The van der Waals surface area contributed by atoms with Gasteiger partial charge in [0.15, 0.2) is 4.77 Å². The Bertz CT molecular complexity index is 629. The Kier molecular flexibility index (Phi) is 6.91. The van der Waals surface area contributed by atoms with E-state index in [1.54, 1.807) is 18.0 Å². The van der Waals surface area contributed by atoms with E-state index >= 15 is 0 Å². The Morgan fingerprint density at radius 3 is 3.00 bits per heavy atom. The zero-order valence-electron chi connectivity index (χ0n) is 12.4. The third-order valence-electron chi connectivity index (χ3n) is 2.90. The molecule has 0 radical (unpaired) electrons. The van der Waals surface area contributed by atoms with Gasteiger partial charge in [0.1, 0.15) is 17.3 Å². The number of hydrogen-bond acceptors (Lipinski definition) is 7. The number of hydrogen-bond donors (Lipinski definition) is 3. The van der Waals surface area contributed by atoms with Crippen molar-refractivity contribution in [3.05, 3.63) is 40.7 Å². The van der Waals surface area contributed by atoms with E-state index < -0.39 is 0 Å². The lowest BCUT2D eigenvalue weighted by atomic mass is 10.4. The minimum absolute atomic E-state index is 0.421. The molecule has 0 bridgehead atoms. The molecule has 0 saturated heterocycles. The summed E-state index contributed by atoms with van der Waals surface area (Å²) in [5.74, 6) is 4.34. The molecule has 0 aliphatic heterocycles. The number of thioether (sulfide) groups is 1. The van der Waals surface area contributed by atoms with Gasteiger partial charge in [-0.3, -0.25) is 0 Å².